The second-order valence-electron chi connectivity index (χ2n) is 6.59. The fraction of sp³-hybridized carbons (Fsp3) is 0.421. The van der Waals surface area contributed by atoms with Gasteiger partial charge in [0.25, 0.3) is 5.56 Å². The van der Waals surface area contributed by atoms with Gasteiger partial charge in [-0.2, -0.15) is 4.98 Å². The van der Waals surface area contributed by atoms with E-state index in [1.807, 2.05) is 6.92 Å². The van der Waals surface area contributed by atoms with Crippen molar-refractivity contribution in [2.45, 2.75) is 19.6 Å². The second-order valence-corrected chi connectivity index (χ2v) is 6.59. The van der Waals surface area contributed by atoms with E-state index < -0.39 is 17.4 Å². The smallest absolute Gasteiger partial charge is 0.332 e. The van der Waals surface area contributed by atoms with Crippen LogP contribution in [0, 0.1) is 0 Å². The molecular weight excluding hydrogens is 378 g/mol. The van der Waals surface area contributed by atoms with E-state index in [1.54, 1.807) is 43.0 Å². The molecule has 0 unspecified atom stereocenters. The number of nitrogens with zero attached hydrogens (tertiary/aromatic N) is 4. The molecule has 2 aromatic heterocycles. The first kappa shape index (κ1) is 20.5. The van der Waals surface area contributed by atoms with Crippen LogP contribution >= 0.6 is 0 Å². The average Bonchev–Trinajstić information content (AvgIpc) is 3.08. The lowest BCUT2D eigenvalue weighted by Gasteiger charge is -2.16. The zero-order valence-electron chi connectivity index (χ0n) is 16.9. The van der Waals surface area contributed by atoms with Gasteiger partial charge in [-0.3, -0.25) is 13.9 Å². The van der Waals surface area contributed by atoms with Gasteiger partial charge in [0.2, 0.25) is 5.95 Å². The molecular formula is C19H25N5O5. The molecule has 156 valence electrons. The molecule has 10 heteroatoms. The van der Waals surface area contributed by atoms with Crippen LogP contribution in [-0.2, 0) is 20.6 Å². The van der Waals surface area contributed by atoms with Gasteiger partial charge in [0, 0.05) is 20.6 Å². The SMILES string of the molecule is CCNc1nc2c(c(=O)n(C)c(=O)n2C)n1C[C@H](O)COc1ccc(OC)cc1. The number of anilines is 1. The number of benzene rings is 1. The summed E-state index contributed by atoms with van der Waals surface area (Å²) in [5, 5.41) is 13.6. The van der Waals surface area contributed by atoms with Crippen molar-refractivity contribution in [3.63, 3.8) is 0 Å². The van der Waals surface area contributed by atoms with E-state index in [-0.39, 0.29) is 24.3 Å². The summed E-state index contributed by atoms with van der Waals surface area (Å²) in [5.74, 6) is 1.70. The summed E-state index contributed by atoms with van der Waals surface area (Å²) >= 11 is 0. The molecule has 0 aliphatic carbocycles. The normalized spacial score (nSPS) is 12.2. The Morgan fingerprint density at radius 2 is 1.79 bits per heavy atom. The number of nitrogens with one attached hydrogen (secondary N) is 1. The lowest BCUT2D eigenvalue weighted by atomic mass is 10.3. The molecule has 29 heavy (non-hydrogen) atoms. The zero-order chi connectivity index (χ0) is 21.1. The van der Waals surface area contributed by atoms with Gasteiger partial charge in [-0.1, -0.05) is 0 Å². The van der Waals surface area contributed by atoms with Crippen molar-refractivity contribution in [1.82, 2.24) is 18.7 Å². The third-order valence-corrected chi connectivity index (χ3v) is 4.58. The highest BCUT2D eigenvalue weighted by Crippen LogP contribution is 2.19. The van der Waals surface area contributed by atoms with Gasteiger partial charge in [0.15, 0.2) is 11.2 Å². The molecule has 1 aromatic carbocycles. The minimum atomic E-state index is -0.908. The fourth-order valence-corrected chi connectivity index (χ4v) is 3.05. The van der Waals surface area contributed by atoms with E-state index >= 15 is 0 Å². The van der Waals surface area contributed by atoms with Gasteiger partial charge in [-0.15, -0.1) is 0 Å². The van der Waals surface area contributed by atoms with E-state index in [4.69, 9.17) is 9.47 Å². The molecule has 0 fully saturated rings. The number of aromatic nitrogens is 4. The maximum absolute atomic E-state index is 12.7. The van der Waals surface area contributed by atoms with Crippen LogP contribution in [0.15, 0.2) is 33.9 Å². The lowest BCUT2D eigenvalue weighted by Crippen LogP contribution is -2.38. The Morgan fingerprint density at radius 3 is 2.41 bits per heavy atom. The Labute approximate surface area is 166 Å². The number of methoxy groups -OCH3 is 1. The van der Waals surface area contributed by atoms with Crippen LogP contribution < -0.4 is 26.0 Å². The monoisotopic (exact) mass is 403 g/mol. The van der Waals surface area contributed by atoms with E-state index in [1.165, 1.54) is 11.6 Å². The molecule has 0 aliphatic heterocycles. The summed E-state index contributed by atoms with van der Waals surface area (Å²) < 4.78 is 14.7. The Balaban J connectivity index is 1.88. The molecule has 10 nitrogen and oxygen atoms in total. The molecule has 0 aliphatic rings. The number of hydrogen-bond donors (Lipinski definition) is 2. The molecule has 2 N–H and O–H groups in total. The molecule has 0 saturated heterocycles. The first-order valence-electron chi connectivity index (χ1n) is 9.22. The number of hydrogen-bond acceptors (Lipinski definition) is 7. The molecule has 2 heterocycles. The third-order valence-electron chi connectivity index (χ3n) is 4.58. The van der Waals surface area contributed by atoms with Crippen LogP contribution in [0.5, 0.6) is 11.5 Å². The average molecular weight is 403 g/mol. The minimum Gasteiger partial charge on any atom is -0.497 e. The highest BCUT2D eigenvalue weighted by molar-refractivity contribution is 5.74. The lowest BCUT2D eigenvalue weighted by molar-refractivity contribution is 0.0938. The molecule has 0 bridgehead atoms. The highest BCUT2D eigenvalue weighted by Gasteiger charge is 2.21. The van der Waals surface area contributed by atoms with Gasteiger partial charge in [0.1, 0.15) is 24.2 Å². The van der Waals surface area contributed by atoms with Gasteiger partial charge >= 0.3 is 5.69 Å². The predicted octanol–water partition coefficient (Wildman–Crippen LogP) is 0.314. The summed E-state index contributed by atoms with van der Waals surface area (Å²) in [6, 6.07) is 7.01. The van der Waals surface area contributed by atoms with Crippen molar-refractivity contribution in [2.75, 3.05) is 25.6 Å². The Morgan fingerprint density at radius 1 is 1.14 bits per heavy atom. The minimum absolute atomic E-state index is 0.0175. The first-order chi connectivity index (χ1) is 13.9. The van der Waals surface area contributed by atoms with Crippen molar-refractivity contribution in [2.24, 2.45) is 14.1 Å². The number of ether oxygens (including phenoxy) is 2. The largest absolute Gasteiger partial charge is 0.497 e. The summed E-state index contributed by atoms with van der Waals surface area (Å²) in [7, 11) is 4.55. The molecule has 0 amide bonds. The zero-order valence-corrected chi connectivity index (χ0v) is 16.9. The van der Waals surface area contributed by atoms with Crippen molar-refractivity contribution in [1.29, 1.82) is 0 Å². The highest BCUT2D eigenvalue weighted by atomic mass is 16.5. The van der Waals surface area contributed by atoms with Crippen molar-refractivity contribution in [3.8, 4) is 11.5 Å². The number of fused-ring (bicyclic) bond motifs is 1. The summed E-state index contributed by atoms with van der Waals surface area (Å²) in [5.41, 5.74) is -0.423. The van der Waals surface area contributed by atoms with Crippen molar-refractivity contribution in [3.05, 3.63) is 45.1 Å². The maximum Gasteiger partial charge on any atom is 0.332 e. The van der Waals surface area contributed by atoms with Gasteiger partial charge in [0.05, 0.1) is 13.7 Å². The van der Waals surface area contributed by atoms with E-state index in [2.05, 4.69) is 10.3 Å². The summed E-state index contributed by atoms with van der Waals surface area (Å²) in [6.07, 6.45) is -0.908. The van der Waals surface area contributed by atoms with Crippen LogP contribution in [0.2, 0.25) is 0 Å². The number of rotatable bonds is 8. The first-order valence-corrected chi connectivity index (χ1v) is 9.22. The van der Waals surface area contributed by atoms with Crippen LogP contribution in [0.4, 0.5) is 5.95 Å². The van der Waals surface area contributed by atoms with Crippen LogP contribution in [0.3, 0.4) is 0 Å². The van der Waals surface area contributed by atoms with Crippen molar-refractivity contribution < 1.29 is 14.6 Å². The van der Waals surface area contributed by atoms with Crippen LogP contribution in [0.25, 0.3) is 11.2 Å². The molecule has 1 atom stereocenters. The topological polar surface area (TPSA) is 113 Å². The predicted molar refractivity (Wildman–Crippen MR) is 109 cm³/mol. The molecule has 0 spiro atoms. The number of aryl methyl sites for hydroxylation is 1. The number of aliphatic hydroxyl groups excluding tert-OH is 1. The molecule has 0 saturated carbocycles. The second kappa shape index (κ2) is 8.39. The van der Waals surface area contributed by atoms with Gasteiger partial charge < -0.3 is 24.5 Å². The van der Waals surface area contributed by atoms with Crippen LogP contribution in [0.1, 0.15) is 6.92 Å². The summed E-state index contributed by atoms with van der Waals surface area (Å²) in [6.45, 7) is 2.55. The van der Waals surface area contributed by atoms with Crippen LogP contribution in [-0.4, -0.2) is 50.2 Å². The quantitative estimate of drug-likeness (QED) is 0.557. The van der Waals surface area contributed by atoms with Gasteiger partial charge in [-0.05, 0) is 31.2 Å². The maximum atomic E-state index is 12.7. The Kier molecular flexibility index (Phi) is 5.92. The Bertz CT molecular complexity index is 1110. The molecule has 3 rings (SSSR count). The fourth-order valence-electron chi connectivity index (χ4n) is 3.05. The third kappa shape index (κ3) is 3.97. The van der Waals surface area contributed by atoms with E-state index in [0.717, 1.165) is 4.57 Å². The van der Waals surface area contributed by atoms with E-state index in [0.29, 0.717) is 24.0 Å². The standard InChI is InChI=1S/C19H25N5O5/c1-5-20-18-21-16-15(17(26)23(3)19(27)22(16)2)24(18)10-12(25)11-29-14-8-6-13(28-4)7-9-14/h6-9,12,25H,5,10-11H2,1-4H3,(H,20,21)/t12-/m0/s1. The van der Waals surface area contributed by atoms with Gasteiger partial charge in [-0.25, -0.2) is 4.79 Å². The Hall–Kier alpha value is -3.27. The molecule has 0 radical (unpaired) electrons. The van der Waals surface area contributed by atoms with E-state index in [9.17, 15) is 14.7 Å². The number of imidazole rings is 1. The summed E-state index contributed by atoms with van der Waals surface area (Å²) in [4.78, 5) is 29.3. The number of aliphatic hydroxyl groups is 1. The molecule has 3 aromatic rings. The van der Waals surface area contributed by atoms with Crippen molar-refractivity contribution >= 4 is 17.1 Å².